The van der Waals surface area contributed by atoms with E-state index in [2.05, 4.69) is 0 Å². The maximum Gasteiger partial charge on any atom is 0.244 e. The third-order valence-electron chi connectivity index (χ3n) is 4.09. The Hall–Kier alpha value is -1.07. The highest BCUT2D eigenvalue weighted by Gasteiger charge is 2.34. The maximum atomic E-state index is 12.9. The van der Waals surface area contributed by atoms with Crippen LogP contribution < -0.4 is 0 Å². The first kappa shape index (κ1) is 15.8. The minimum Gasteiger partial charge on any atom is -0.207 e. The lowest BCUT2D eigenvalue weighted by Crippen LogP contribution is -2.30. The van der Waals surface area contributed by atoms with Crippen LogP contribution in [0.1, 0.15) is 23.6 Å². The molecule has 116 valence electrons. The van der Waals surface area contributed by atoms with Gasteiger partial charge in [-0.2, -0.15) is 4.31 Å². The number of hydrogen-bond donors (Lipinski definition) is 0. The number of fused-ring (bicyclic) bond motifs is 1. The van der Waals surface area contributed by atoms with Gasteiger partial charge in [0.2, 0.25) is 10.0 Å². The van der Waals surface area contributed by atoms with E-state index in [9.17, 15) is 8.42 Å². The van der Waals surface area contributed by atoms with Crippen molar-refractivity contribution in [3.8, 4) is 0 Å². The van der Waals surface area contributed by atoms with Gasteiger partial charge < -0.3 is 0 Å². The first-order chi connectivity index (χ1) is 10.4. The van der Waals surface area contributed by atoms with E-state index < -0.39 is 10.0 Å². The fourth-order valence-electron chi connectivity index (χ4n) is 2.91. The van der Waals surface area contributed by atoms with Gasteiger partial charge in [0.25, 0.3) is 0 Å². The Balaban J connectivity index is 2.02. The molecule has 0 N–H and O–H groups in total. The van der Waals surface area contributed by atoms with Crippen LogP contribution in [0.3, 0.4) is 0 Å². The van der Waals surface area contributed by atoms with Crippen molar-refractivity contribution in [3.63, 3.8) is 0 Å². The molecule has 0 aliphatic heterocycles. The quantitative estimate of drug-likeness (QED) is 0.822. The molecule has 0 bridgehead atoms. The summed E-state index contributed by atoms with van der Waals surface area (Å²) in [6.07, 6.45) is 1.65. The number of rotatable bonds is 3. The SMILES string of the molecule is CN(C1CCc2ccccc21)S(=O)(=O)c1cc(Cl)ccc1Cl. The average molecular weight is 356 g/mol. The molecule has 0 radical (unpaired) electrons. The molecule has 0 amide bonds. The van der Waals surface area contributed by atoms with Crippen molar-refractivity contribution < 1.29 is 8.42 Å². The van der Waals surface area contributed by atoms with Crippen molar-refractivity contribution in [1.29, 1.82) is 0 Å². The Labute approximate surface area is 140 Å². The van der Waals surface area contributed by atoms with Crippen molar-refractivity contribution >= 4 is 33.2 Å². The number of halogens is 2. The molecule has 1 unspecified atom stereocenters. The molecule has 1 atom stereocenters. The van der Waals surface area contributed by atoms with Crippen LogP contribution in [0, 0.1) is 0 Å². The summed E-state index contributed by atoms with van der Waals surface area (Å²) in [5, 5.41) is 0.533. The van der Waals surface area contributed by atoms with Gasteiger partial charge in [0.05, 0.1) is 11.1 Å². The van der Waals surface area contributed by atoms with E-state index in [0.717, 1.165) is 18.4 Å². The first-order valence-corrected chi connectivity index (χ1v) is 9.12. The minimum absolute atomic E-state index is 0.0496. The summed E-state index contributed by atoms with van der Waals surface area (Å²) in [7, 11) is -2.10. The second-order valence-electron chi connectivity index (χ2n) is 5.35. The van der Waals surface area contributed by atoms with Crippen LogP contribution >= 0.6 is 23.2 Å². The number of nitrogens with zero attached hydrogens (tertiary/aromatic N) is 1. The standard InChI is InChI=1S/C16H15Cl2NO2S/c1-19(15-9-6-11-4-2-3-5-13(11)15)22(20,21)16-10-12(17)7-8-14(16)18/h2-5,7-8,10,15H,6,9H2,1H3. The van der Waals surface area contributed by atoms with E-state index in [0.29, 0.717) is 5.02 Å². The largest absolute Gasteiger partial charge is 0.244 e. The monoisotopic (exact) mass is 355 g/mol. The first-order valence-electron chi connectivity index (χ1n) is 6.92. The smallest absolute Gasteiger partial charge is 0.207 e. The molecule has 0 aromatic heterocycles. The van der Waals surface area contributed by atoms with Gasteiger partial charge in [-0.05, 0) is 42.2 Å². The summed E-state index contributed by atoms with van der Waals surface area (Å²) in [6.45, 7) is 0. The normalized spacial score (nSPS) is 17.7. The fourth-order valence-corrected chi connectivity index (χ4v) is 5.01. The van der Waals surface area contributed by atoms with Crippen molar-refractivity contribution in [2.75, 3.05) is 7.05 Å². The molecule has 2 aromatic carbocycles. The Bertz CT molecular complexity index is 821. The number of benzene rings is 2. The molecule has 3 nitrogen and oxygen atoms in total. The highest BCUT2D eigenvalue weighted by atomic mass is 35.5. The molecular weight excluding hydrogens is 341 g/mol. The summed E-state index contributed by atoms with van der Waals surface area (Å²) >= 11 is 12.0. The van der Waals surface area contributed by atoms with Gasteiger partial charge in [-0.25, -0.2) is 8.42 Å². The van der Waals surface area contributed by atoms with E-state index in [1.807, 2.05) is 24.3 Å². The van der Waals surface area contributed by atoms with Crippen molar-refractivity contribution in [1.82, 2.24) is 4.31 Å². The maximum absolute atomic E-state index is 12.9. The molecule has 1 aliphatic carbocycles. The van der Waals surface area contributed by atoms with Gasteiger partial charge >= 0.3 is 0 Å². The lowest BCUT2D eigenvalue weighted by atomic mass is 10.1. The van der Waals surface area contributed by atoms with Gasteiger partial charge in [-0.15, -0.1) is 0 Å². The molecule has 1 aliphatic rings. The van der Waals surface area contributed by atoms with Crippen LogP contribution in [0.2, 0.25) is 10.0 Å². The summed E-state index contributed by atoms with van der Waals surface area (Å²) in [4.78, 5) is 0.0496. The fraction of sp³-hybridized carbons (Fsp3) is 0.250. The lowest BCUT2D eigenvalue weighted by molar-refractivity contribution is 0.374. The number of hydrogen-bond acceptors (Lipinski definition) is 2. The van der Waals surface area contributed by atoms with E-state index in [1.165, 1.54) is 22.0 Å². The average Bonchev–Trinajstić information content (AvgIpc) is 2.92. The minimum atomic E-state index is -3.70. The molecular formula is C16H15Cl2NO2S. The van der Waals surface area contributed by atoms with E-state index in [-0.39, 0.29) is 16.0 Å². The van der Waals surface area contributed by atoms with Crippen LogP contribution in [-0.2, 0) is 16.4 Å². The van der Waals surface area contributed by atoms with Crippen molar-refractivity contribution in [2.45, 2.75) is 23.8 Å². The van der Waals surface area contributed by atoms with Crippen molar-refractivity contribution in [3.05, 3.63) is 63.6 Å². The highest BCUT2D eigenvalue weighted by molar-refractivity contribution is 7.89. The second kappa shape index (κ2) is 5.85. The summed E-state index contributed by atoms with van der Waals surface area (Å²) in [5.74, 6) is 0. The molecule has 0 saturated carbocycles. The third-order valence-corrected chi connectivity index (χ3v) is 6.67. The Morgan fingerprint density at radius 3 is 2.64 bits per heavy atom. The molecule has 2 aromatic rings. The van der Waals surface area contributed by atoms with E-state index in [1.54, 1.807) is 13.1 Å². The lowest BCUT2D eigenvalue weighted by Gasteiger charge is -2.25. The summed E-state index contributed by atoms with van der Waals surface area (Å²) in [5.41, 5.74) is 2.26. The number of sulfonamides is 1. The van der Waals surface area contributed by atoms with Gasteiger partial charge in [0.15, 0.2) is 0 Å². The molecule has 0 saturated heterocycles. The zero-order valence-corrected chi connectivity index (χ0v) is 14.3. The van der Waals surface area contributed by atoms with Gasteiger partial charge in [0, 0.05) is 12.1 Å². The third kappa shape index (κ3) is 2.65. The summed E-state index contributed by atoms with van der Waals surface area (Å²) < 4.78 is 27.2. The zero-order chi connectivity index (χ0) is 15.9. The van der Waals surface area contributed by atoms with Crippen LogP contribution in [0.4, 0.5) is 0 Å². The predicted octanol–water partition coefficient (Wildman–Crippen LogP) is 4.30. The van der Waals surface area contributed by atoms with Crippen LogP contribution in [0.5, 0.6) is 0 Å². The van der Waals surface area contributed by atoms with Gasteiger partial charge in [0.1, 0.15) is 4.90 Å². The van der Waals surface area contributed by atoms with Gasteiger partial charge in [-0.3, -0.25) is 0 Å². The Morgan fingerprint density at radius 2 is 1.86 bits per heavy atom. The molecule has 3 rings (SSSR count). The van der Waals surface area contributed by atoms with Crippen LogP contribution in [0.15, 0.2) is 47.4 Å². The van der Waals surface area contributed by atoms with Crippen molar-refractivity contribution in [2.24, 2.45) is 0 Å². The Morgan fingerprint density at radius 1 is 1.14 bits per heavy atom. The molecule has 0 heterocycles. The topological polar surface area (TPSA) is 37.4 Å². The van der Waals surface area contributed by atoms with Crippen LogP contribution in [0.25, 0.3) is 0 Å². The van der Waals surface area contributed by atoms with Gasteiger partial charge in [-0.1, -0.05) is 47.5 Å². The Kier molecular flexibility index (Phi) is 4.21. The molecule has 0 fully saturated rings. The molecule has 22 heavy (non-hydrogen) atoms. The summed E-state index contributed by atoms with van der Waals surface area (Å²) in [6, 6.07) is 12.3. The van der Waals surface area contributed by atoms with E-state index >= 15 is 0 Å². The second-order valence-corrected chi connectivity index (χ2v) is 8.16. The van der Waals surface area contributed by atoms with E-state index in [4.69, 9.17) is 23.2 Å². The number of aryl methyl sites for hydroxylation is 1. The van der Waals surface area contributed by atoms with Crippen LogP contribution in [-0.4, -0.2) is 19.8 Å². The zero-order valence-electron chi connectivity index (χ0n) is 12.0. The molecule has 6 heteroatoms. The molecule has 0 spiro atoms. The highest BCUT2D eigenvalue weighted by Crippen LogP contribution is 2.38. The predicted molar refractivity (Wildman–Crippen MR) is 88.9 cm³/mol.